The molecule has 0 aliphatic rings. The van der Waals surface area contributed by atoms with Crippen LogP contribution < -0.4 is 11.1 Å². The van der Waals surface area contributed by atoms with E-state index in [2.05, 4.69) is 24.2 Å². The Morgan fingerprint density at radius 1 is 1.35 bits per heavy atom. The molecule has 17 heavy (non-hydrogen) atoms. The quantitative estimate of drug-likeness (QED) is 0.490. The van der Waals surface area contributed by atoms with Crippen molar-refractivity contribution in [3.8, 4) is 0 Å². The Hall–Kier alpha value is -0.490. The lowest BCUT2D eigenvalue weighted by Crippen LogP contribution is -2.40. The first-order chi connectivity index (χ1) is 7.45. The molecule has 5 heteroatoms. The molecule has 0 aromatic heterocycles. The molecular formula is C12H19ClIN3. The van der Waals surface area contributed by atoms with Crippen molar-refractivity contribution in [1.29, 1.82) is 0 Å². The van der Waals surface area contributed by atoms with Gasteiger partial charge in [0.1, 0.15) is 0 Å². The molecule has 3 N–H and O–H groups in total. The van der Waals surface area contributed by atoms with Crippen LogP contribution in [0.4, 0.5) is 0 Å². The summed E-state index contributed by atoms with van der Waals surface area (Å²) >= 11 is 5.86. The van der Waals surface area contributed by atoms with E-state index in [0.29, 0.717) is 5.96 Å². The molecule has 0 unspecified atom stereocenters. The Labute approximate surface area is 125 Å². The standard InChI is InChI=1S/C12H18ClN3.HI/c1-12(2,8-16-11(14)15-3)9-4-6-10(13)7-5-9;/h4-7H,8H2,1-3H3,(H3,14,15,16);1H. The molecule has 0 bridgehead atoms. The van der Waals surface area contributed by atoms with Gasteiger partial charge in [-0.15, -0.1) is 24.0 Å². The normalized spacial score (nSPS) is 11.9. The van der Waals surface area contributed by atoms with Gasteiger partial charge < -0.3 is 11.1 Å². The molecule has 96 valence electrons. The number of rotatable bonds is 3. The molecule has 0 saturated carbocycles. The number of hydrogen-bond donors (Lipinski definition) is 2. The maximum Gasteiger partial charge on any atom is 0.188 e. The Bertz CT molecular complexity index is 374. The van der Waals surface area contributed by atoms with Crippen molar-refractivity contribution >= 4 is 41.5 Å². The first-order valence-electron chi connectivity index (χ1n) is 5.18. The largest absolute Gasteiger partial charge is 0.370 e. The van der Waals surface area contributed by atoms with Gasteiger partial charge in [0.15, 0.2) is 5.96 Å². The third-order valence-corrected chi connectivity index (χ3v) is 2.83. The summed E-state index contributed by atoms with van der Waals surface area (Å²) in [7, 11) is 1.66. The van der Waals surface area contributed by atoms with Gasteiger partial charge in [0, 0.05) is 24.0 Å². The highest BCUT2D eigenvalue weighted by Crippen LogP contribution is 2.23. The van der Waals surface area contributed by atoms with Crippen LogP contribution in [0.3, 0.4) is 0 Å². The SMILES string of the molecule is CN=C(N)NCC(C)(C)c1ccc(Cl)cc1.I. The molecule has 1 aromatic rings. The zero-order chi connectivity index (χ0) is 12.2. The van der Waals surface area contributed by atoms with Crippen molar-refractivity contribution < 1.29 is 0 Å². The number of hydrogen-bond acceptors (Lipinski definition) is 1. The lowest BCUT2D eigenvalue weighted by Gasteiger charge is -2.26. The summed E-state index contributed by atoms with van der Waals surface area (Å²) in [5, 5.41) is 3.83. The van der Waals surface area contributed by atoms with E-state index in [-0.39, 0.29) is 29.4 Å². The van der Waals surface area contributed by atoms with Crippen LogP contribution in [0.25, 0.3) is 0 Å². The van der Waals surface area contributed by atoms with Gasteiger partial charge in [0.2, 0.25) is 0 Å². The molecule has 0 heterocycles. The molecule has 0 fully saturated rings. The van der Waals surface area contributed by atoms with Crippen LogP contribution in [-0.4, -0.2) is 19.6 Å². The van der Waals surface area contributed by atoms with E-state index in [1.807, 2.05) is 24.3 Å². The van der Waals surface area contributed by atoms with E-state index < -0.39 is 0 Å². The molecule has 0 radical (unpaired) electrons. The van der Waals surface area contributed by atoms with E-state index in [9.17, 15) is 0 Å². The predicted octanol–water partition coefficient (Wildman–Crippen LogP) is 2.77. The van der Waals surface area contributed by atoms with Crippen molar-refractivity contribution in [3.63, 3.8) is 0 Å². The van der Waals surface area contributed by atoms with Gasteiger partial charge in [-0.3, -0.25) is 4.99 Å². The maximum atomic E-state index is 5.86. The summed E-state index contributed by atoms with van der Waals surface area (Å²) in [4.78, 5) is 3.86. The van der Waals surface area contributed by atoms with Crippen molar-refractivity contribution in [3.05, 3.63) is 34.9 Å². The minimum absolute atomic E-state index is 0. The number of benzene rings is 1. The highest BCUT2D eigenvalue weighted by molar-refractivity contribution is 14.0. The van der Waals surface area contributed by atoms with Gasteiger partial charge in [-0.05, 0) is 17.7 Å². The first kappa shape index (κ1) is 16.5. The van der Waals surface area contributed by atoms with Crippen molar-refractivity contribution in [1.82, 2.24) is 5.32 Å². The fraction of sp³-hybridized carbons (Fsp3) is 0.417. The van der Waals surface area contributed by atoms with Crippen LogP contribution in [0.2, 0.25) is 5.02 Å². The topological polar surface area (TPSA) is 50.4 Å². The third kappa shape index (κ3) is 5.12. The van der Waals surface area contributed by atoms with Gasteiger partial charge in [-0.1, -0.05) is 37.6 Å². The number of nitrogens with one attached hydrogen (secondary N) is 1. The van der Waals surface area contributed by atoms with E-state index in [0.717, 1.165) is 11.6 Å². The zero-order valence-electron chi connectivity index (χ0n) is 10.3. The second-order valence-electron chi connectivity index (χ2n) is 4.35. The molecule has 3 nitrogen and oxygen atoms in total. The summed E-state index contributed by atoms with van der Waals surface area (Å²) in [6.07, 6.45) is 0. The lowest BCUT2D eigenvalue weighted by atomic mass is 9.85. The smallest absolute Gasteiger partial charge is 0.188 e. The predicted molar refractivity (Wildman–Crippen MR) is 85.4 cm³/mol. The van der Waals surface area contributed by atoms with Crippen LogP contribution in [0.15, 0.2) is 29.3 Å². The number of nitrogens with two attached hydrogens (primary N) is 1. The van der Waals surface area contributed by atoms with Crippen LogP contribution in [-0.2, 0) is 5.41 Å². The van der Waals surface area contributed by atoms with Crippen molar-refractivity contribution in [2.45, 2.75) is 19.3 Å². The summed E-state index contributed by atoms with van der Waals surface area (Å²) in [5.74, 6) is 0.460. The molecule has 0 aliphatic carbocycles. The minimum atomic E-state index is -0.0140. The number of aliphatic imine (C=N–C) groups is 1. The molecule has 1 aromatic carbocycles. The zero-order valence-corrected chi connectivity index (χ0v) is 13.4. The summed E-state index contributed by atoms with van der Waals surface area (Å²) in [6, 6.07) is 7.86. The first-order valence-corrected chi connectivity index (χ1v) is 5.55. The number of nitrogens with zero attached hydrogens (tertiary/aromatic N) is 1. The van der Waals surface area contributed by atoms with E-state index in [1.165, 1.54) is 5.56 Å². The fourth-order valence-corrected chi connectivity index (χ4v) is 1.52. The molecule has 0 amide bonds. The third-order valence-electron chi connectivity index (χ3n) is 2.58. The number of halogens is 2. The Morgan fingerprint density at radius 3 is 2.35 bits per heavy atom. The Kier molecular flexibility index (Phi) is 6.85. The van der Waals surface area contributed by atoms with Crippen LogP contribution in [0.1, 0.15) is 19.4 Å². The molecular weight excluding hydrogens is 349 g/mol. The van der Waals surface area contributed by atoms with Crippen molar-refractivity contribution in [2.75, 3.05) is 13.6 Å². The van der Waals surface area contributed by atoms with Gasteiger partial charge >= 0.3 is 0 Å². The Morgan fingerprint density at radius 2 is 1.88 bits per heavy atom. The van der Waals surface area contributed by atoms with E-state index >= 15 is 0 Å². The molecule has 0 atom stereocenters. The monoisotopic (exact) mass is 367 g/mol. The van der Waals surface area contributed by atoms with Crippen LogP contribution in [0.5, 0.6) is 0 Å². The van der Waals surface area contributed by atoms with E-state index in [1.54, 1.807) is 7.05 Å². The molecule has 0 spiro atoms. The van der Waals surface area contributed by atoms with Gasteiger partial charge in [-0.2, -0.15) is 0 Å². The number of guanidine groups is 1. The Balaban J connectivity index is 0.00000256. The maximum absolute atomic E-state index is 5.86. The average Bonchev–Trinajstić information content (AvgIpc) is 2.26. The van der Waals surface area contributed by atoms with Crippen LogP contribution >= 0.6 is 35.6 Å². The summed E-state index contributed by atoms with van der Waals surface area (Å²) in [5.41, 5.74) is 6.80. The van der Waals surface area contributed by atoms with Gasteiger partial charge in [0.25, 0.3) is 0 Å². The van der Waals surface area contributed by atoms with Gasteiger partial charge in [-0.25, -0.2) is 0 Å². The molecule has 0 aliphatic heterocycles. The fourth-order valence-electron chi connectivity index (χ4n) is 1.39. The second kappa shape index (κ2) is 7.06. The lowest BCUT2D eigenvalue weighted by molar-refractivity contribution is 0.512. The second-order valence-corrected chi connectivity index (χ2v) is 4.79. The van der Waals surface area contributed by atoms with E-state index in [4.69, 9.17) is 17.3 Å². The average molecular weight is 368 g/mol. The van der Waals surface area contributed by atoms with Gasteiger partial charge in [0.05, 0.1) is 0 Å². The van der Waals surface area contributed by atoms with Crippen LogP contribution in [0, 0.1) is 0 Å². The highest BCUT2D eigenvalue weighted by atomic mass is 127. The summed E-state index contributed by atoms with van der Waals surface area (Å²) < 4.78 is 0. The van der Waals surface area contributed by atoms with Crippen molar-refractivity contribution in [2.24, 2.45) is 10.7 Å². The molecule has 0 saturated heterocycles. The minimum Gasteiger partial charge on any atom is -0.370 e. The summed E-state index contributed by atoms with van der Waals surface area (Å²) in [6.45, 7) is 5.02. The highest BCUT2D eigenvalue weighted by Gasteiger charge is 2.20. The molecule has 1 rings (SSSR count).